The zero-order valence-corrected chi connectivity index (χ0v) is 10.8. The average Bonchev–Trinajstić information content (AvgIpc) is 2.80. The number of rotatable bonds is 2. The summed E-state index contributed by atoms with van der Waals surface area (Å²) in [6.45, 7) is 2.16. The monoisotopic (exact) mass is 241 g/mol. The molecule has 0 radical (unpaired) electrons. The van der Waals surface area contributed by atoms with Gasteiger partial charge in [0.05, 0.1) is 11.1 Å². The third kappa shape index (κ3) is 1.72. The highest BCUT2D eigenvalue weighted by atomic mass is 16.3. The summed E-state index contributed by atoms with van der Waals surface area (Å²) in [4.78, 5) is 4.48. The van der Waals surface area contributed by atoms with Crippen LogP contribution in [0.15, 0.2) is 36.5 Å². The molecule has 2 nitrogen and oxygen atoms in total. The van der Waals surface area contributed by atoms with Gasteiger partial charge in [-0.2, -0.15) is 0 Å². The molecule has 0 spiro atoms. The second-order valence-corrected chi connectivity index (χ2v) is 5.34. The molecule has 1 aliphatic rings. The zero-order valence-electron chi connectivity index (χ0n) is 10.8. The largest absolute Gasteiger partial charge is 0.385 e. The first-order valence-corrected chi connectivity index (χ1v) is 6.81. The molecule has 3 rings (SSSR count). The van der Waals surface area contributed by atoms with E-state index in [1.54, 1.807) is 0 Å². The number of hydrogen-bond donors (Lipinski definition) is 1. The predicted molar refractivity (Wildman–Crippen MR) is 73.3 cm³/mol. The number of hydrogen-bond acceptors (Lipinski definition) is 2. The van der Waals surface area contributed by atoms with Crippen molar-refractivity contribution in [3.05, 3.63) is 42.1 Å². The van der Waals surface area contributed by atoms with E-state index in [0.29, 0.717) is 5.92 Å². The van der Waals surface area contributed by atoms with Gasteiger partial charge in [0.25, 0.3) is 0 Å². The number of para-hydroxylation sites is 1. The quantitative estimate of drug-likeness (QED) is 0.871. The van der Waals surface area contributed by atoms with Crippen molar-refractivity contribution >= 4 is 10.9 Å². The summed E-state index contributed by atoms with van der Waals surface area (Å²) in [7, 11) is 0. The van der Waals surface area contributed by atoms with Crippen LogP contribution in [-0.2, 0) is 5.60 Å². The third-order valence-electron chi connectivity index (χ3n) is 4.37. The van der Waals surface area contributed by atoms with E-state index < -0.39 is 5.60 Å². The van der Waals surface area contributed by atoms with Crippen molar-refractivity contribution in [1.29, 1.82) is 0 Å². The second kappa shape index (κ2) is 4.36. The van der Waals surface area contributed by atoms with Gasteiger partial charge in [-0.25, -0.2) is 0 Å². The standard InChI is InChI=1S/C16H19NO/c1-2-13-7-5-9-16(13,18)14-10-12-6-3-4-8-15(12)17-11-14/h3-4,6,8,10-11,13,18H,2,5,7,9H2,1H3. The van der Waals surface area contributed by atoms with Gasteiger partial charge in [-0.3, -0.25) is 4.98 Å². The van der Waals surface area contributed by atoms with Gasteiger partial charge in [0.15, 0.2) is 0 Å². The van der Waals surface area contributed by atoms with Crippen molar-refractivity contribution in [2.24, 2.45) is 5.92 Å². The van der Waals surface area contributed by atoms with Gasteiger partial charge >= 0.3 is 0 Å². The Bertz CT molecular complexity index is 566. The van der Waals surface area contributed by atoms with Crippen molar-refractivity contribution in [3.8, 4) is 0 Å². The molecular formula is C16H19NO. The van der Waals surface area contributed by atoms with Crippen LogP contribution in [0.2, 0.25) is 0 Å². The van der Waals surface area contributed by atoms with Crippen LogP contribution >= 0.6 is 0 Å². The van der Waals surface area contributed by atoms with Crippen molar-refractivity contribution < 1.29 is 5.11 Å². The summed E-state index contributed by atoms with van der Waals surface area (Å²) >= 11 is 0. The van der Waals surface area contributed by atoms with E-state index in [-0.39, 0.29) is 0 Å². The Balaban J connectivity index is 2.08. The first kappa shape index (κ1) is 11.7. The molecular weight excluding hydrogens is 222 g/mol. The van der Waals surface area contributed by atoms with E-state index in [4.69, 9.17) is 0 Å². The highest BCUT2D eigenvalue weighted by molar-refractivity contribution is 5.78. The van der Waals surface area contributed by atoms with Gasteiger partial charge in [-0.05, 0) is 37.3 Å². The Labute approximate surface area is 108 Å². The first-order valence-electron chi connectivity index (χ1n) is 6.81. The van der Waals surface area contributed by atoms with Crippen LogP contribution in [0.4, 0.5) is 0 Å². The lowest BCUT2D eigenvalue weighted by Crippen LogP contribution is -2.29. The Kier molecular flexibility index (Phi) is 2.83. The van der Waals surface area contributed by atoms with Crippen molar-refractivity contribution in [2.45, 2.75) is 38.2 Å². The van der Waals surface area contributed by atoms with E-state index in [0.717, 1.165) is 42.1 Å². The fourth-order valence-electron chi connectivity index (χ4n) is 3.29. The number of pyridine rings is 1. The summed E-state index contributed by atoms with van der Waals surface area (Å²) in [6, 6.07) is 10.2. The predicted octanol–water partition coefficient (Wildman–Crippen LogP) is 3.63. The van der Waals surface area contributed by atoms with Gasteiger partial charge in [-0.1, -0.05) is 31.5 Å². The maximum atomic E-state index is 10.9. The highest BCUT2D eigenvalue weighted by Crippen LogP contribution is 2.45. The molecule has 1 aromatic heterocycles. The lowest BCUT2D eigenvalue weighted by Gasteiger charge is -2.30. The summed E-state index contributed by atoms with van der Waals surface area (Å²) in [5.41, 5.74) is 1.33. The molecule has 2 aromatic rings. The molecule has 0 bridgehead atoms. The number of nitrogens with zero attached hydrogens (tertiary/aromatic N) is 1. The lowest BCUT2D eigenvalue weighted by molar-refractivity contribution is -0.00403. The maximum absolute atomic E-state index is 10.9. The van der Waals surface area contributed by atoms with Crippen LogP contribution in [0.3, 0.4) is 0 Å². The van der Waals surface area contributed by atoms with Crippen molar-refractivity contribution in [2.75, 3.05) is 0 Å². The number of benzene rings is 1. The molecule has 2 unspecified atom stereocenters. The highest BCUT2D eigenvalue weighted by Gasteiger charge is 2.41. The topological polar surface area (TPSA) is 33.1 Å². The number of aromatic nitrogens is 1. The van der Waals surface area contributed by atoms with E-state index in [1.165, 1.54) is 0 Å². The van der Waals surface area contributed by atoms with Gasteiger partial charge < -0.3 is 5.11 Å². The summed E-state index contributed by atoms with van der Waals surface area (Å²) in [6.07, 6.45) is 5.99. The fourth-order valence-corrected chi connectivity index (χ4v) is 3.29. The molecule has 1 N–H and O–H groups in total. The SMILES string of the molecule is CCC1CCCC1(O)c1cnc2ccccc2c1. The molecule has 1 saturated carbocycles. The van der Waals surface area contributed by atoms with Crippen LogP contribution in [0.5, 0.6) is 0 Å². The van der Waals surface area contributed by atoms with Crippen LogP contribution in [0.25, 0.3) is 10.9 Å². The van der Waals surface area contributed by atoms with Crippen LogP contribution < -0.4 is 0 Å². The minimum atomic E-state index is -0.661. The van der Waals surface area contributed by atoms with E-state index in [2.05, 4.69) is 24.0 Å². The summed E-state index contributed by atoms with van der Waals surface area (Å²) in [5.74, 6) is 0.375. The summed E-state index contributed by atoms with van der Waals surface area (Å²) in [5, 5.41) is 12.1. The molecule has 1 aromatic carbocycles. The minimum absolute atomic E-state index is 0.375. The molecule has 2 atom stereocenters. The second-order valence-electron chi connectivity index (χ2n) is 5.34. The molecule has 0 aliphatic heterocycles. The van der Waals surface area contributed by atoms with Gasteiger partial charge in [-0.15, -0.1) is 0 Å². The zero-order chi connectivity index (χ0) is 12.6. The molecule has 94 valence electrons. The molecule has 1 heterocycles. The molecule has 2 heteroatoms. The minimum Gasteiger partial charge on any atom is -0.385 e. The third-order valence-corrected chi connectivity index (χ3v) is 4.37. The molecule has 0 saturated heterocycles. The van der Waals surface area contributed by atoms with Crippen LogP contribution in [0.1, 0.15) is 38.2 Å². The smallest absolute Gasteiger partial charge is 0.0939 e. The van der Waals surface area contributed by atoms with Crippen molar-refractivity contribution in [3.63, 3.8) is 0 Å². The average molecular weight is 241 g/mol. The Morgan fingerprint density at radius 2 is 2.22 bits per heavy atom. The summed E-state index contributed by atoms with van der Waals surface area (Å²) < 4.78 is 0. The Hall–Kier alpha value is -1.41. The number of fused-ring (bicyclic) bond motifs is 1. The lowest BCUT2D eigenvalue weighted by atomic mass is 9.83. The Morgan fingerprint density at radius 1 is 1.39 bits per heavy atom. The molecule has 0 amide bonds. The van der Waals surface area contributed by atoms with E-state index in [9.17, 15) is 5.11 Å². The number of aliphatic hydroxyl groups is 1. The Morgan fingerprint density at radius 3 is 3.06 bits per heavy atom. The van der Waals surface area contributed by atoms with Gasteiger partial charge in [0.1, 0.15) is 0 Å². The normalized spacial score (nSPS) is 27.8. The maximum Gasteiger partial charge on any atom is 0.0939 e. The van der Waals surface area contributed by atoms with Gasteiger partial charge in [0.2, 0.25) is 0 Å². The van der Waals surface area contributed by atoms with E-state index >= 15 is 0 Å². The first-order chi connectivity index (χ1) is 8.74. The van der Waals surface area contributed by atoms with E-state index in [1.807, 2.05) is 24.4 Å². The van der Waals surface area contributed by atoms with Crippen LogP contribution in [-0.4, -0.2) is 10.1 Å². The molecule has 1 fully saturated rings. The van der Waals surface area contributed by atoms with Crippen LogP contribution in [0, 0.1) is 5.92 Å². The van der Waals surface area contributed by atoms with Gasteiger partial charge in [0, 0.05) is 17.1 Å². The van der Waals surface area contributed by atoms with Crippen molar-refractivity contribution in [1.82, 2.24) is 4.98 Å². The molecule has 18 heavy (non-hydrogen) atoms. The molecule has 1 aliphatic carbocycles. The fraction of sp³-hybridized carbons (Fsp3) is 0.438.